The van der Waals surface area contributed by atoms with Gasteiger partial charge >= 0.3 is 0 Å². The molecule has 1 N–H and O–H groups in total. The van der Waals surface area contributed by atoms with Gasteiger partial charge in [0.25, 0.3) is 0 Å². The Morgan fingerprint density at radius 2 is 1.74 bits per heavy atom. The lowest BCUT2D eigenvalue weighted by Gasteiger charge is -2.33. The standard InChI is InChI=1S/C25H33Cl2N3O4S/c1-6-21(25(32)28-14-17(2)3)29(15-19-10-7-9-18(4)13-19)23(31)16-30(35(5,33)34)22-12-8-11-20(26)24(22)27/h7-13,17,21H,6,14-16H2,1-5H3,(H,28,32). The highest BCUT2D eigenvalue weighted by Gasteiger charge is 2.32. The zero-order valence-electron chi connectivity index (χ0n) is 20.7. The van der Waals surface area contributed by atoms with Crippen molar-refractivity contribution in [2.45, 2.75) is 46.7 Å². The smallest absolute Gasteiger partial charge is 0.244 e. The normalized spacial score (nSPS) is 12.3. The molecule has 0 saturated heterocycles. The molecule has 2 amide bonds. The van der Waals surface area contributed by atoms with E-state index in [2.05, 4.69) is 5.32 Å². The molecule has 35 heavy (non-hydrogen) atoms. The highest BCUT2D eigenvalue weighted by atomic mass is 35.5. The van der Waals surface area contributed by atoms with Gasteiger partial charge in [-0.15, -0.1) is 0 Å². The van der Waals surface area contributed by atoms with Crippen molar-refractivity contribution in [3.63, 3.8) is 0 Å². The lowest BCUT2D eigenvalue weighted by atomic mass is 10.1. The monoisotopic (exact) mass is 541 g/mol. The van der Waals surface area contributed by atoms with Crippen molar-refractivity contribution in [3.05, 3.63) is 63.6 Å². The van der Waals surface area contributed by atoms with Crippen LogP contribution < -0.4 is 9.62 Å². The van der Waals surface area contributed by atoms with E-state index in [-0.39, 0.29) is 34.1 Å². The lowest BCUT2D eigenvalue weighted by Crippen LogP contribution is -2.52. The van der Waals surface area contributed by atoms with E-state index in [4.69, 9.17) is 23.2 Å². The number of aryl methyl sites for hydroxylation is 1. The largest absolute Gasteiger partial charge is 0.354 e. The van der Waals surface area contributed by atoms with E-state index in [1.54, 1.807) is 6.07 Å². The van der Waals surface area contributed by atoms with Gasteiger partial charge in [-0.25, -0.2) is 8.42 Å². The number of nitrogens with one attached hydrogen (secondary N) is 1. The van der Waals surface area contributed by atoms with Crippen molar-refractivity contribution in [2.24, 2.45) is 5.92 Å². The number of sulfonamides is 1. The van der Waals surface area contributed by atoms with Gasteiger partial charge in [-0.1, -0.05) is 79.9 Å². The van der Waals surface area contributed by atoms with Crippen LogP contribution in [0.3, 0.4) is 0 Å². The highest BCUT2D eigenvalue weighted by Crippen LogP contribution is 2.33. The van der Waals surface area contributed by atoms with Crippen LogP contribution in [0.4, 0.5) is 5.69 Å². The van der Waals surface area contributed by atoms with Crippen LogP contribution in [0, 0.1) is 12.8 Å². The molecule has 0 radical (unpaired) electrons. The van der Waals surface area contributed by atoms with E-state index in [1.165, 1.54) is 17.0 Å². The Hall–Kier alpha value is -2.29. The fraction of sp³-hybridized carbons (Fsp3) is 0.440. The van der Waals surface area contributed by atoms with Gasteiger partial charge in [-0.2, -0.15) is 0 Å². The number of hydrogen-bond acceptors (Lipinski definition) is 4. The van der Waals surface area contributed by atoms with Crippen molar-refractivity contribution >= 4 is 50.7 Å². The van der Waals surface area contributed by atoms with E-state index in [9.17, 15) is 18.0 Å². The van der Waals surface area contributed by atoms with Gasteiger partial charge in [0.1, 0.15) is 12.6 Å². The Morgan fingerprint density at radius 1 is 1.09 bits per heavy atom. The van der Waals surface area contributed by atoms with Crippen LogP contribution in [-0.4, -0.2) is 50.5 Å². The maximum absolute atomic E-state index is 13.7. The fourth-order valence-corrected chi connectivity index (χ4v) is 4.93. The summed E-state index contributed by atoms with van der Waals surface area (Å²) >= 11 is 12.4. The van der Waals surface area contributed by atoms with E-state index in [0.717, 1.165) is 21.7 Å². The van der Waals surface area contributed by atoms with E-state index >= 15 is 0 Å². The average Bonchev–Trinajstić information content (AvgIpc) is 2.77. The van der Waals surface area contributed by atoms with Gasteiger partial charge < -0.3 is 10.2 Å². The minimum Gasteiger partial charge on any atom is -0.354 e. The van der Waals surface area contributed by atoms with Crippen LogP contribution in [0.25, 0.3) is 0 Å². The number of hydrogen-bond donors (Lipinski definition) is 1. The van der Waals surface area contributed by atoms with Crippen LogP contribution >= 0.6 is 23.2 Å². The number of nitrogens with zero attached hydrogens (tertiary/aromatic N) is 2. The van der Waals surface area contributed by atoms with Gasteiger partial charge in [-0.05, 0) is 37.0 Å². The predicted octanol–water partition coefficient (Wildman–Crippen LogP) is 4.65. The number of carbonyl (C=O) groups is 2. The third-order valence-electron chi connectivity index (χ3n) is 5.38. The van der Waals surface area contributed by atoms with Crippen LogP contribution in [0.2, 0.25) is 10.0 Å². The molecule has 1 unspecified atom stereocenters. The number of carbonyl (C=O) groups excluding carboxylic acids is 2. The molecule has 1 atom stereocenters. The molecule has 2 aromatic rings. The molecule has 0 aliphatic heterocycles. The van der Waals surface area contributed by atoms with Crippen molar-refractivity contribution < 1.29 is 18.0 Å². The molecule has 2 rings (SSSR count). The molecular formula is C25H33Cl2N3O4S. The number of amides is 2. The molecule has 7 nitrogen and oxygen atoms in total. The average molecular weight is 543 g/mol. The lowest BCUT2D eigenvalue weighted by molar-refractivity contribution is -0.140. The molecule has 0 aliphatic rings. The summed E-state index contributed by atoms with van der Waals surface area (Å²) in [6, 6.07) is 11.4. The highest BCUT2D eigenvalue weighted by molar-refractivity contribution is 7.92. The van der Waals surface area contributed by atoms with Crippen LogP contribution in [0.5, 0.6) is 0 Å². The molecule has 0 heterocycles. The second-order valence-corrected chi connectivity index (χ2v) is 11.6. The van der Waals surface area contributed by atoms with Crippen molar-refractivity contribution in [1.82, 2.24) is 10.2 Å². The summed E-state index contributed by atoms with van der Waals surface area (Å²) in [5.41, 5.74) is 1.94. The van der Waals surface area contributed by atoms with Crippen molar-refractivity contribution in [1.29, 1.82) is 0 Å². The van der Waals surface area contributed by atoms with Crippen LogP contribution in [0.15, 0.2) is 42.5 Å². The first kappa shape index (κ1) is 28.9. The zero-order valence-corrected chi connectivity index (χ0v) is 23.0. The fourth-order valence-electron chi connectivity index (χ4n) is 3.63. The SMILES string of the molecule is CCC(C(=O)NCC(C)C)N(Cc1cccc(C)c1)C(=O)CN(c1cccc(Cl)c1Cl)S(C)(=O)=O. The summed E-state index contributed by atoms with van der Waals surface area (Å²) in [4.78, 5) is 28.2. The maximum Gasteiger partial charge on any atom is 0.244 e. The van der Waals surface area contributed by atoms with Gasteiger partial charge in [0.15, 0.2) is 0 Å². The van der Waals surface area contributed by atoms with E-state index in [1.807, 2.05) is 52.0 Å². The van der Waals surface area contributed by atoms with E-state index in [0.29, 0.717) is 13.0 Å². The summed E-state index contributed by atoms with van der Waals surface area (Å²) in [5.74, 6) is -0.573. The first-order valence-corrected chi connectivity index (χ1v) is 14.0. The summed E-state index contributed by atoms with van der Waals surface area (Å²) in [6.45, 7) is 7.81. The molecule has 2 aromatic carbocycles. The molecule has 0 saturated carbocycles. The summed E-state index contributed by atoms with van der Waals surface area (Å²) in [7, 11) is -3.90. The Bertz CT molecular complexity index is 1160. The Labute approximate surface area is 218 Å². The Morgan fingerprint density at radius 3 is 2.31 bits per heavy atom. The second-order valence-electron chi connectivity index (χ2n) is 8.92. The predicted molar refractivity (Wildman–Crippen MR) is 142 cm³/mol. The van der Waals surface area contributed by atoms with Gasteiger partial charge in [0.2, 0.25) is 21.8 Å². The van der Waals surface area contributed by atoms with Crippen molar-refractivity contribution in [3.8, 4) is 0 Å². The first-order chi connectivity index (χ1) is 16.3. The minimum absolute atomic E-state index is 0.0272. The third kappa shape index (κ3) is 8.12. The number of rotatable bonds is 11. The molecule has 192 valence electrons. The Balaban J connectivity index is 2.47. The van der Waals surface area contributed by atoms with Crippen molar-refractivity contribution in [2.75, 3.05) is 23.7 Å². The Kier molecular flexibility index (Phi) is 10.4. The molecule has 0 aromatic heterocycles. The number of anilines is 1. The molecular weight excluding hydrogens is 509 g/mol. The zero-order chi connectivity index (χ0) is 26.3. The summed E-state index contributed by atoms with van der Waals surface area (Å²) in [6.07, 6.45) is 1.35. The number of halogens is 2. The van der Waals surface area contributed by atoms with Crippen LogP contribution in [0.1, 0.15) is 38.3 Å². The van der Waals surface area contributed by atoms with Gasteiger partial charge in [0, 0.05) is 13.1 Å². The molecule has 0 fully saturated rings. The van der Waals surface area contributed by atoms with E-state index < -0.39 is 28.5 Å². The first-order valence-electron chi connectivity index (χ1n) is 11.4. The summed E-state index contributed by atoms with van der Waals surface area (Å²) in [5, 5.41) is 3.09. The molecule has 0 spiro atoms. The molecule has 0 bridgehead atoms. The summed E-state index contributed by atoms with van der Waals surface area (Å²) < 4.78 is 26.3. The third-order valence-corrected chi connectivity index (χ3v) is 7.32. The maximum atomic E-state index is 13.7. The quantitative estimate of drug-likeness (QED) is 0.448. The van der Waals surface area contributed by atoms with Crippen LogP contribution in [-0.2, 0) is 26.2 Å². The molecule has 0 aliphatic carbocycles. The topological polar surface area (TPSA) is 86.8 Å². The van der Waals surface area contributed by atoms with Gasteiger partial charge in [-0.3, -0.25) is 13.9 Å². The number of benzene rings is 2. The van der Waals surface area contributed by atoms with Gasteiger partial charge in [0.05, 0.1) is 22.0 Å². The second kappa shape index (κ2) is 12.6. The molecule has 10 heteroatoms. The minimum atomic E-state index is -3.90.